The Morgan fingerprint density at radius 2 is 1.77 bits per heavy atom. The summed E-state index contributed by atoms with van der Waals surface area (Å²) in [6.07, 6.45) is 11.9. The van der Waals surface area contributed by atoms with Gasteiger partial charge in [0.25, 0.3) is 0 Å². The highest BCUT2D eigenvalue weighted by Gasteiger charge is 2.53. The van der Waals surface area contributed by atoms with Crippen LogP contribution in [0.15, 0.2) is 12.2 Å². The second-order valence-corrected chi connectivity index (χ2v) is 6.69. The van der Waals surface area contributed by atoms with Gasteiger partial charge in [0, 0.05) is 6.42 Å². The molecule has 3 atom stereocenters. The molecule has 2 bridgehead atoms. The van der Waals surface area contributed by atoms with Gasteiger partial charge in [0.1, 0.15) is 0 Å². The van der Waals surface area contributed by atoms with Crippen molar-refractivity contribution in [1.29, 1.82) is 0 Å². The normalized spacial score (nSPS) is 27.8. The number of carboxylic acids is 1. The van der Waals surface area contributed by atoms with Crippen molar-refractivity contribution in [3.8, 4) is 0 Å². The fourth-order valence-corrected chi connectivity index (χ4v) is 4.00. The van der Waals surface area contributed by atoms with Crippen molar-refractivity contribution in [2.75, 3.05) is 0 Å². The van der Waals surface area contributed by atoms with Crippen molar-refractivity contribution in [3.05, 3.63) is 12.2 Å². The molecule has 0 aromatic carbocycles. The maximum absolute atomic E-state index is 10.4. The van der Waals surface area contributed by atoms with Gasteiger partial charge in [-0.05, 0) is 61.7 Å². The van der Waals surface area contributed by atoms with Crippen LogP contribution in [-0.2, 0) is 4.79 Å². The van der Waals surface area contributed by atoms with Crippen LogP contribution in [0, 0.1) is 23.2 Å². The molecular weight excluding hydrogens is 272 g/mol. The fourth-order valence-electron chi connectivity index (χ4n) is 4.00. The molecule has 3 saturated carbocycles. The highest BCUT2D eigenvalue weighted by molar-refractivity contribution is 5.66. The molecule has 0 saturated heterocycles. The van der Waals surface area contributed by atoms with Crippen molar-refractivity contribution in [3.63, 3.8) is 0 Å². The molecule has 3 rings (SSSR count). The number of allylic oxidation sites excluding steroid dienone is 2. The molecule has 0 radical (unpaired) electrons. The lowest BCUT2D eigenvalue weighted by Gasteiger charge is -2.60. The molecule has 2 heteroatoms. The highest BCUT2D eigenvalue weighted by Crippen LogP contribution is 2.62. The van der Waals surface area contributed by atoms with E-state index in [1.165, 1.54) is 25.7 Å². The van der Waals surface area contributed by atoms with Gasteiger partial charge < -0.3 is 5.11 Å². The third-order valence-corrected chi connectivity index (χ3v) is 5.37. The first-order chi connectivity index (χ1) is 10.5. The van der Waals surface area contributed by atoms with Crippen molar-refractivity contribution >= 4 is 5.97 Å². The maximum Gasteiger partial charge on any atom is 0.303 e. The van der Waals surface area contributed by atoms with E-state index in [0.717, 1.165) is 30.6 Å². The largest absolute Gasteiger partial charge is 0.481 e. The van der Waals surface area contributed by atoms with E-state index in [2.05, 4.69) is 26.0 Å². The Kier molecular flexibility index (Phi) is 10.5. The zero-order valence-corrected chi connectivity index (χ0v) is 15.7. The van der Waals surface area contributed by atoms with E-state index in [0.29, 0.717) is 11.8 Å². The number of fused-ring (bicyclic) bond motifs is 2. The predicted molar refractivity (Wildman–Crippen MR) is 96.0 cm³/mol. The monoisotopic (exact) mass is 310 g/mol. The number of hydrogen-bond acceptors (Lipinski definition) is 1. The Hall–Kier alpha value is -0.790. The standard InChI is InChI=1S/C16H26O2.2C2H6/c1-16(2)13-10-9-12(14(16)11-13)7-5-3-4-6-8-15(17)18;2*1-2/h3,5,12-14H,4,6-11H2,1-2H3,(H,17,18);2*1-2H3/b5-3-;;. The first-order valence-corrected chi connectivity index (χ1v) is 9.38. The third kappa shape index (κ3) is 5.78. The molecule has 2 nitrogen and oxygen atoms in total. The fraction of sp³-hybridized carbons (Fsp3) is 0.850. The van der Waals surface area contributed by atoms with Crippen molar-refractivity contribution < 1.29 is 9.90 Å². The Morgan fingerprint density at radius 3 is 2.27 bits per heavy atom. The molecule has 0 heterocycles. The van der Waals surface area contributed by atoms with Crippen LogP contribution in [0.5, 0.6) is 0 Å². The van der Waals surface area contributed by atoms with E-state index in [9.17, 15) is 4.79 Å². The van der Waals surface area contributed by atoms with Gasteiger partial charge in [-0.25, -0.2) is 0 Å². The molecule has 0 amide bonds. The Bertz CT molecular complexity index is 329. The number of aliphatic carboxylic acids is 1. The molecule has 0 aromatic rings. The van der Waals surface area contributed by atoms with E-state index in [4.69, 9.17) is 5.11 Å². The quantitative estimate of drug-likeness (QED) is 0.461. The van der Waals surface area contributed by atoms with Gasteiger partial charge >= 0.3 is 5.97 Å². The van der Waals surface area contributed by atoms with E-state index >= 15 is 0 Å². The van der Waals surface area contributed by atoms with Gasteiger partial charge in [0.2, 0.25) is 0 Å². The minimum atomic E-state index is -0.682. The summed E-state index contributed by atoms with van der Waals surface area (Å²) in [5.74, 6) is 2.11. The Balaban J connectivity index is 0.00000102. The number of carboxylic acid groups (broad SMARTS) is 1. The molecule has 0 aromatic heterocycles. The second-order valence-electron chi connectivity index (χ2n) is 6.69. The summed E-state index contributed by atoms with van der Waals surface area (Å²) in [6, 6.07) is 0. The van der Waals surface area contributed by atoms with Gasteiger partial charge in [0.15, 0.2) is 0 Å². The number of rotatable bonds is 6. The molecule has 0 spiro atoms. The van der Waals surface area contributed by atoms with Crippen LogP contribution >= 0.6 is 0 Å². The smallest absolute Gasteiger partial charge is 0.303 e. The summed E-state index contributed by atoms with van der Waals surface area (Å²) in [7, 11) is 0. The van der Waals surface area contributed by atoms with E-state index in [-0.39, 0.29) is 0 Å². The molecule has 22 heavy (non-hydrogen) atoms. The number of carbonyl (C=O) groups is 1. The van der Waals surface area contributed by atoms with Crippen LogP contribution < -0.4 is 0 Å². The Labute approximate surface area is 138 Å². The molecule has 0 aliphatic heterocycles. The SMILES string of the molecule is CC.CC.CC1(C)C2CCC(C/C=C\CCCC(=O)O)C1C2. The lowest BCUT2D eigenvalue weighted by atomic mass is 9.45. The van der Waals surface area contributed by atoms with Crippen LogP contribution in [0.3, 0.4) is 0 Å². The molecule has 3 aliphatic carbocycles. The first-order valence-electron chi connectivity index (χ1n) is 9.38. The zero-order valence-electron chi connectivity index (χ0n) is 15.7. The van der Waals surface area contributed by atoms with Crippen LogP contribution in [0.1, 0.15) is 86.5 Å². The summed E-state index contributed by atoms with van der Waals surface area (Å²) in [6.45, 7) is 12.9. The summed E-state index contributed by atoms with van der Waals surface area (Å²) < 4.78 is 0. The summed E-state index contributed by atoms with van der Waals surface area (Å²) in [5.41, 5.74) is 0.583. The second kappa shape index (κ2) is 10.9. The molecule has 3 aliphatic rings. The highest BCUT2D eigenvalue weighted by atomic mass is 16.4. The van der Waals surface area contributed by atoms with Gasteiger partial charge in [-0.3, -0.25) is 4.79 Å². The third-order valence-electron chi connectivity index (χ3n) is 5.37. The van der Waals surface area contributed by atoms with Crippen molar-refractivity contribution in [2.24, 2.45) is 23.2 Å². The van der Waals surface area contributed by atoms with Gasteiger partial charge in [-0.2, -0.15) is 0 Å². The zero-order chi connectivity index (χ0) is 17.2. The minimum absolute atomic E-state index is 0.297. The lowest BCUT2D eigenvalue weighted by Crippen LogP contribution is -2.52. The summed E-state index contributed by atoms with van der Waals surface area (Å²) in [5, 5.41) is 8.55. The summed E-state index contributed by atoms with van der Waals surface area (Å²) >= 11 is 0. The molecule has 3 unspecified atom stereocenters. The Morgan fingerprint density at radius 1 is 1.14 bits per heavy atom. The average molecular weight is 311 g/mol. The number of unbranched alkanes of at least 4 members (excludes halogenated alkanes) is 1. The molecular formula is C20H38O2. The van der Waals surface area contributed by atoms with Crippen LogP contribution in [0.25, 0.3) is 0 Å². The van der Waals surface area contributed by atoms with Gasteiger partial charge in [0.05, 0.1) is 0 Å². The van der Waals surface area contributed by atoms with Gasteiger partial charge in [-0.1, -0.05) is 53.7 Å². The molecule has 3 fully saturated rings. The summed E-state index contributed by atoms with van der Waals surface area (Å²) in [4.78, 5) is 10.4. The van der Waals surface area contributed by atoms with E-state index in [1.807, 2.05) is 27.7 Å². The predicted octanol–water partition coefficient (Wildman–Crippen LogP) is 6.31. The lowest BCUT2D eigenvalue weighted by molar-refractivity contribution is -0.137. The first kappa shape index (κ1) is 21.2. The van der Waals surface area contributed by atoms with Crippen LogP contribution in [0.2, 0.25) is 0 Å². The van der Waals surface area contributed by atoms with Crippen LogP contribution in [0.4, 0.5) is 0 Å². The van der Waals surface area contributed by atoms with Crippen molar-refractivity contribution in [1.82, 2.24) is 0 Å². The maximum atomic E-state index is 10.4. The average Bonchev–Trinajstić information content (AvgIpc) is 2.54. The minimum Gasteiger partial charge on any atom is -0.481 e. The van der Waals surface area contributed by atoms with E-state index in [1.54, 1.807) is 0 Å². The number of hydrogen-bond donors (Lipinski definition) is 1. The van der Waals surface area contributed by atoms with E-state index < -0.39 is 5.97 Å². The van der Waals surface area contributed by atoms with Crippen LogP contribution in [-0.4, -0.2) is 11.1 Å². The molecule has 1 N–H and O–H groups in total. The topological polar surface area (TPSA) is 37.3 Å². The molecule has 130 valence electrons. The van der Waals surface area contributed by atoms with Crippen molar-refractivity contribution in [2.45, 2.75) is 86.5 Å². The van der Waals surface area contributed by atoms with Gasteiger partial charge in [-0.15, -0.1) is 0 Å².